The van der Waals surface area contributed by atoms with Gasteiger partial charge in [-0.1, -0.05) is 50.3 Å². The van der Waals surface area contributed by atoms with Gasteiger partial charge in [-0.25, -0.2) is 0 Å². The van der Waals surface area contributed by atoms with Crippen molar-refractivity contribution >= 4 is 0 Å². The summed E-state index contributed by atoms with van der Waals surface area (Å²) < 4.78 is 6.14. The normalized spacial score (nSPS) is 26.3. The van der Waals surface area contributed by atoms with Crippen molar-refractivity contribution in [1.82, 2.24) is 5.32 Å². The lowest BCUT2D eigenvalue weighted by Crippen LogP contribution is -2.42. The van der Waals surface area contributed by atoms with Crippen molar-refractivity contribution in [2.75, 3.05) is 0 Å². The molecule has 1 unspecified atom stereocenters. The number of rotatable bonds is 2. The maximum atomic E-state index is 6.14. The average Bonchev–Trinajstić information content (AvgIpc) is 2.40. The van der Waals surface area contributed by atoms with Crippen LogP contribution in [0.3, 0.4) is 0 Å². The second-order valence-corrected chi connectivity index (χ2v) is 7.36. The molecule has 0 amide bonds. The van der Waals surface area contributed by atoms with E-state index in [0.29, 0.717) is 12.1 Å². The molecule has 21 heavy (non-hydrogen) atoms. The van der Waals surface area contributed by atoms with Gasteiger partial charge in [0.25, 0.3) is 0 Å². The molecule has 2 heteroatoms. The molecule has 1 N–H and O–H groups in total. The van der Waals surface area contributed by atoms with Crippen LogP contribution in [0.25, 0.3) is 0 Å². The van der Waals surface area contributed by atoms with E-state index in [4.69, 9.17) is 4.74 Å². The summed E-state index contributed by atoms with van der Waals surface area (Å²) in [4.78, 5) is 0. The first kappa shape index (κ1) is 14.9. The standard InChI is InChI=1S/C19H29NO/c1-19(2)14-17(16-12-8-9-13-18(16)21-19)20-15-10-6-4-3-5-7-11-15/h8-9,12-13,15,17,20H,3-7,10-11,14H2,1-2H3. The van der Waals surface area contributed by atoms with Crippen LogP contribution in [-0.2, 0) is 0 Å². The highest BCUT2D eigenvalue weighted by Gasteiger charge is 2.34. The predicted molar refractivity (Wildman–Crippen MR) is 87.7 cm³/mol. The second-order valence-electron chi connectivity index (χ2n) is 7.36. The number of benzene rings is 1. The Morgan fingerprint density at radius 3 is 2.43 bits per heavy atom. The van der Waals surface area contributed by atoms with Crippen molar-refractivity contribution in [2.45, 2.75) is 82.9 Å². The summed E-state index contributed by atoms with van der Waals surface area (Å²) in [5.41, 5.74) is 1.27. The first-order chi connectivity index (χ1) is 10.1. The zero-order valence-corrected chi connectivity index (χ0v) is 13.5. The molecule has 1 aliphatic heterocycles. The zero-order valence-electron chi connectivity index (χ0n) is 13.5. The third-order valence-corrected chi connectivity index (χ3v) is 4.92. The summed E-state index contributed by atoms with van der Waals surface area (Å²) in [6.45, 7) is 4.41. The van der Waals surface area contributed by atoms with E-state index in [9.17, 15) is 0 Å². The van der Waals surface area contributed by atoms with Crippen LogP contribution in [-0.4, -0.2) is 11.6 Å². The van der Waals surface area contributed by atoms with Crippen molar-refractivity contribution in [3.63, 3.8) is 0 Å². The first-order valence-corrected chi connectivity index (χ1v) is 8.68. The van der Waals surface area contributed by atoms with E-state index in [1.165, 1.54) is 50.5 Å². The largest absolute Gasteiger partial charge is 0.487 e. The van der Waals surface area contributed by atoms with Gasteiger partial charge in [-0.15, -0.1) is 0 Å². The summed E-state index contributed by atoms with van der Waals surface area (Å²) in [7, 11) is 0. The van der Waals surface area contributed by atoms with E-state index >= 15 is 0 Å². The number of fused-ring (bicyclic) bond motifs is 1. The van der Waals surface area contributed by atoms with E-state index in [1.807, 2.05) is 0 Å². The van der Waals surface area contributed by atoms with E-state index in [1.54, 1.807) is 0 Å². The highest BCUT2D eigenvalue weighted by atomic mass is 16.5. The Hall–Kier alpha value is -1.02. The lowest BCUT2D eigenvalue weighted by atomic mass is 9.88. The Kier molecular flexibility index (Phi) is 4.54. The Labute approximate surface area is 129 Å². The fourth-order valence-electron chi connectivity index (χ4n) is 3.86. The highest BCUT2D eigenvalue weighted by Crippen LogP contribution is 2.39. The molecular weight excluding hydrogens is 258 g/mol. The lowest BCUT2D eigenvalue weighted by molar-refractivity contribution is 0.0627. The molecule has 3 rings (SSSR count). The van der Waals surface area contributed by atoms with Crippen molar-refractivity contribution in [3.05, 3.63) is 29.8 Å². The molecule has 2 nitrogen and oxygen atoms in total. The maximum absolute atomic E-state index is 6.14. The molecule has 0 radical (unpaired) electrons. The van der Waals surface area contributed by atoms with Crippen molar-refractivity contribution in [2.24, 2.45) is 0 Å². The molecule has 1 fully saturated rings. The second kappa shape index (κ2) is 6.39. The molecule has 0 spiro atoms. The van der Waals surface area contributed by atoms with E-state index in [-0.39, 0.29) is 5.60 Å². The van der Waals surface area contributed by atoms with Crippen LogP contribution in [0.15, 0.2) is 24.3 Å². The molecule has 1 heterocycles. The smallest absolute Gasteiger partial charge is 0.124 e. The van der Waals surface area contributed by atoms with Crippen LogP contribution in [0, 0.1) is 0 Å². The molecule has 2 aliphatic rings. The van der Waals surface area contributed by atoms with Gasteiger partial charge in [0, 0.05) is 24.1 Å². The molecule has 116 valence electrons. The minimum atomic E-state index is -0.0758. The van der Waals surface area contributed by atoms with E-state index < -0.39 is 0 Å². The molecule has 1 aromatic carbocycles. The average molecular weight is 287 g/mol. The van der Waals surface area contributed by atoms with Crippen LogP contribution < -0.4 is 10.1 Å². The Balaban J connectivity index is 1.74. The van der Waals surface area contributed by atoms with Gasteiger partial charge in [0.05, 0.1) is 0 Å². The number of hydrogen-bond donors (Lipinski definition) is 1. The van der Waals surface area contributed by atoms with Crippen LogP contribution in [0.2, 0.25) is 0 Å². The van der Waals surface area contributed by atoms with Crippen molar-refractivity contribution < 1.29 is 4.74 Å². The molecule has 1 aromatic rings. The third kappa shape index (κ3) is 3.79. The van der Waals surface area contributed by atoms with Gasteiger partial charge in [-0.2, -0.15) is 0 Å². The summed E-state index contributed by atoms with van der Waals surface area (Å²) >= 11 is 0. The lowest BCUT2D eigenvalue weighted by Gasteiger charge is -2.39. The van der Waals surface area contributed by atoms with Crippen molar-refractivity contribution in [1.29, 1.82) is 0 Å². The van der Waals surface area contributed by atoms with Gasteiger partial charge in [0.1, 0.15) is 11.4 Å². The molecule has 0 bridgehead atoms. The van der Waals surface area contributed by atoms with Gasteiger partial charge in [-0.3, -0.25) is 0 Å². The number of para-hydroxylation sites is 1. The van der Waals surface area contributed by atoms with Gasteiger partial charge in [-0.05, 0) is 32.8 Å². The molecule has 1 aliphatic carbocycles. The zero-order chi connectivity index (χ0) is 14.7. The fourth-order valence-corrected chi connectivity index (χ4v) is 3.86. The molecular formula is C19H29NO. The molecule has 0 aromatic heterocycles. The Morgan fingerprint density at radius 1 is 1.00 bits per heavy atom. The number of nitrogens with one attached hydrogen (secondary N) is 1. The quantitative estimate of drug-likeness (QED) is 0.827. The summed E-state index contributed by atoms with van der Waals surface area (Å²) in [5.74, 6) is 1.07. The van der Waals surface area contributed by atoms with Crippen LogP contribution in [0.1, 0.15) is 76.8 Å². The van der Waals surface area contributed by atoms with E-state index in [0.717, 1.165) is 12.2 Å². The minimum Gasteiger partial charge on any atom is -0.487 e. The van der Waals surface area contributed by atoms with E-state index in [2.05, 4.69) is 43.4 Å². The van der Waals surface area contributed by atoms with Gasteiger partial charge in [0.15, 0.2) is 0 Å². The SMILES string of the molecule is CC1(C)CC(NC2CCCCCCC2)c2ccccc2O1. The van der Waals surface area contributed by atoms with Crippen LogP contribution >= 0.6 is 0 Å². The molecule has 1 atom stereocenters. The van der Waals surface area contributed by atoms with Crippen LogP contribution in [0.4, 0.5) is 0 Å². The van der Waals surface area contributed by atoms with Crippen LogP contribution in [0.5, 0.6) is 5.75 Å². The van der Waals surface area contributed by atoms with Gasteiger partial charge in [0.2, 0.25) is 0 Å². The van der Waals surface area contributed by atoms with Crippen molar-refractivity contribution in [3.8, 4) is 5.75 Å². The Bertz CT molecular complexity index is 460. The topological polar surface area (TPSA) is 21.3 Å². The summed E-state index contributed by atoms with van der Waals surface area (Å²) in [5, 5.41) is 3.96. The number of ether oxygens (including phenoxy) is 1. The highest BCUT2D eigenvalue weighted by molar-refractivity contribution is 5.38. The Morgan fingerprint density at radius 2 is 1.67 bits per heavy atom. The minimum absolute atomic E-state index is 0.0758. The monoisotopic (exact) mass is 287 g/mol. The maximum Gasteiger partial charge on any atom is 0.124 e. The number of hydrogen-bond acceptors (Lipinski definition) is 2. The van der Waals surface area contributed by atoms with Gasteiger partial charge >= 0.3 is 0 Å². The third-order valence-electron chi connectivity index (χ3n) is 4.92. The molecule has 1 saturated carbocycles. The first-order valence-electron chi connectivity index (χ1n) is 8.68. The fraction of sp³-hybridized carbons (Fsp3) is 0.684. The molecule has 0 saturated heterocycles. The summed E-state index contributed by atoms with van der Waals surface area (Å²) in [6.07, 6.45) is 10.7. The van der Waals surface area contributed by atoms with Gasteiger partial charge < -0.3 is 10.1 Å². The summed E-state index contributed by atoms with van der Waals surface area (Å²) in [6, 6.07) is 9.67. The predicted octanol–water partition coefficient (Wildman–Crippen LogP) is 4.99.